The first-order valence-electron chi connectivity index (χ1n) is 3.34. The Bertz CT molecular complexity index is 358. The van der Waals surface area contributed by atoms with Crippen LogP contribution in [-0.4, -0.2) is 12.0 Å². The van der Waals surface area contributed by atoms with Crippen LogP contribution in [0.15, 0.2) is 15.5 Å². The van der Waals surface area contributed by atoms with E-state index in [-0.39, 0.29) is 0 Å². The summed E-state index contributed by atoms with van der Waals surface area (Å²) in [7, 11) is 0. The van der Waals surface area contributed by atoms with Crippen molar-refractivity contribution in [2.75, 3.05) is 0 Å². The van der Waals surface area contributed by atoms with Crippen molar-refractivity contribution in [3.05, 3.63) is 23.2 Å². The molecule has 62 valence electrons. The van der Waals surface area contributed by atoms with Crippen LogP contribution in [0.25, 0.3) is 0 Å². The van der Waals surface area contributed by atoms with E-state index in [1.165, 1.54) is 6.08 Å². The van der Waals surface area contributed by atoms with Gasteiger partial charge in [-0.3, -0.25) is 4.79 Å². The largest absolute Gasteiger partial charge is 0.466 e. The average molecular weight is 165 g/mol. The molecule has 0 bridgehead atoms. The maximum atomic E-state index is 11.0. The van der Waals surface area contributed by atoms with Crippen molar-refractivity contribution in [2.24, 2.45) is 4.99 Å². The number of aryl methyl sites for hydroxylation is 2. The van der Waals surface area contributed by atoms with E-state index in [2.05, 4.69) is 4.99 Å². The van der Waals surface area contributed by atoms with Gasteiger partial charge >= 0.3 is 0 Å². The zero-order valence-electron chi connectivity index (χ0n) is 6.75. The predicted molar refractivity (Wildman–Crippen MR) is 40.6 cm³/mol. The lowest BCUT2D eigenvalue weighted by molar-refractivity contribution is 0.100. The van der Waals surface area contributed by atoms with Gasteiger partial charge in [0.15, 0.2) is 0 Å². The lowest BCUT2D eigenvalue weighted by Crippen LogP contribution is -1.93. The highest BCUT2D eigenvalue weighted by Crippen LogP contribution is 2.14. The second-order valence-electron chi connectivity index (χ2n) is 2.34. The van der Waals surface area contributed by atoms with E-state index >= 15 is 0 Å². The maximum Gasteiger partial charge on any atom is 0.291 e. The van der Waals surface area contributed by atoms with Crippen molar-refractivity contribution < 1.29 is 14.0 Å². The molecule has 0 aliphatic carbocycles. The Labute approximate surface area is 68.9 Å². The molecule has 0 saturated heterocycles. The number of aliphatic imine (C=N–C) groups is 1. The number of nitrogens with zero attached hydrogens (tertiary/aromatic N) is 1. The molecule has 0 spiro atoms. The van der Waals surface area contributed by atoms with E-state index in [1.54, 1.807) is 19.9 Å². The molecule has 0 radical (unpaired) electrons. The second-order valence-corrected chi connectivity index (χ2v) is 2.34. The van der Waals surface area contributed by atoms with Crippen molar-refractivity contribution in [3.8, 4) is 0 Å². The number of furan rings is 1. The summed E-state index contributed by atoms with van der Waals surface area (Å²) < 4.78 is 5.07. The molecule has 0 aliphatic heterocycles. The summed E-state index contributed by atoms with van der Waals surface area (Å²) >= 11 is 0. The van der Waals surface area contributed by atoms with Gasteiger partial charge in [-0.05, 0) is 19.9 Å². The van der Waals surface area contributed by atoms with E-state index in [9.17, 15) is 9.59 Å². The first kappa shape index (κ1) is 8.43. The zero-order valence-corrected chi connectivity index (χ0v) is 6.75. The Morgan fingerprint density at radius 2 is 2.25 bits per heavy atom. The molecular formula is C8H7NO3. The van der Waals surface area contributed by atoms with Crippen LogP contribution in [-0.2, 0) is 4.79 Å². The molecule has 1 aromatic rings. The summed E-state index contributed by atoms with van der Waals surface area (Å²) in [5, 5.41) is 0. The molecule has 1 heterocycles. The fourth-order valence-electron chi connectivity index (χ4n) is 0.945. The van der Waals surface area contributed by atoms with Crippen molar-refractivity contribution in [1.82, 2.24) is 0 Å². The highest BCUT2D eigenvalue weighted by Gasteiger charge is 2.11. The molecule has 0 N–H and O–H groups in total. The number of amides is 1. The lowest BCUT2D eigenvalue weighted by atomic mass is 10.2. The van der Waals surface area contributed by atoms with E-state index in [0.717, 1.165) is 0 Å². The van der Waals surface area contributed by atoms with Gasteiger partial charge in [-0.15, -0.1) is 4.99 Å². The molecule has 0 unspecified atom stereocenters. The number of carbonyl (C=O) groups excluding carboxylic acids is 2. The van der Waals surface area contributed by atoms with Gasteiger partial charge < -0.3 is 4.42 Å². The monoisotopic (exact) mass is 165 g/mol. The van der Waals surface area contributed by atoms with E-state index < -0.39 is 5.91 Å². The molecule has 1 aromatic heterocycles. The average Bonchev–Trinajstić information content (AvgIpc) is 2.30. The quantitative estimate of drug-likeness (QED) is 0.466. The maximum absolute atomic E-state index is 11.0. The molecule has 12 heavy (non-hydrogen) atoms. The predicted octanol–water partition coefficient (Wildman–Crippen LogP) is 1.37. The zero-order chi connectivity index (χ0) is 9.14. The Balaban J connectivity index is 3.10. The number of carbonyl (C=O) groups is 1. The van der Waals surface area contributed by atoms with E-state index in [0.29, 0.717) is 17.1 Å². The van der Waals surface area contributed by atoms with Gasteiger partial charge in [-0.2, -0.15) is 0 Å². The molecule has 1 rings (SSSR count). The Morgan fingerprint density at radius 1 is 1.58 bits per heavy atom. The topological polar surface area (TPSA) is 59.6 Å². The number of hydrogen-bond acceptors (Lipinski definition) is 3. The highest BCUT2D eigenvalue weighted by atomic mass is 16.3. The SMILES string of the molecule is Cc1cc(C(=O)N=C=O)c(C)o1. The highest BCUT2D eigenvalue weighted by molar-refractivity contribution is 5.98. The van der Waals surface area contributed by atoms with Crippen LogP contribution < -0.4 is 0 Å². The first-order chi connectivity index (χ1) is 5.65. The van der Waals surface area contributed by atoms with Crippen molar-refractivity contribution in [2.45, 2.75) is 13.8 Å². The molecule has 0 saturated carbocycles. The van der Waals surface area contributed by atoms with Crippen LogP contribution in [0.1, 0.15) is 21.9 Å². The fraction of sp³-hybridized carbons (Fsp3) is 0.250. The molecule has 1 amide bonds. The number of isocyanates is 1. The van der Waals surface area contributed by atoms with Crippen LogP contribution in [0.2, 0.25) is 0 Å². The van der Waals surface area contributed by atoms with Gasteiger partial charge in [0.05, 0.1) is 5.56 Å². The summed E-state index contributed by atoms with van der Waals surface area (Å²) in [5.41, 5.74) is 0.316. The molecule has 0 aromatic carbocycles. The van der Waals surface area contributed by atoms with Crippen molar-refractivity contribution in [1.29, 1.82) is 0 Å². The number of rotatable bonds is 1. The molecule has 0 aliphatic rings. The van der Waals surface area contributed by atoms with E-state index in [4.69, 9.17) is 4.42 Å². The fourth-order valence-corrected chi connectivity index (χ4v) is 0.945. The molecule has 0 atom stereocenters. The standard InChI is InChI=1S/C8H7NO3/c1-5-3-7(6(2)12-5)8(11)9-4-10/h3H,1-2H3. The van der Waals surface area contributed by atoms with Gasteiger partial charge in [0.2, 0.25) is 6.08 Å². The summed E-state index contributed by atoms with van der Waals surface area (Å²) in [6, 6.07) is 1.54. The molecular weight excluding hydrogens is 158 g/mol. The summed E-state index contributed by atoms with van der Waals surface area (Å²) in [5.74, 6) is 0.479. The smallest absolute Gasteiger partial charge is 0.291 e. The normalized spacial score (nSPS) is 9.17. The molecule has 0 fully saturated rings. The van der Waals surface area contributed by atoms with Crippen LogP contribution in [0, 0.1) is 13.8 Å². The Morgan fingerprint density at radius 3 is 2.67 bits per heavy atom. The van der Waals surface area contributed by atoms with Crippen molar-refractivity contribution >= 4 is 12.0 Å². The minimum atomic E-state index is -0.612. The summed E-state index contributed by atoms with van der Waals surface area (Å²) in [6.07, 6.45) is 1.19. The van der Waals surface area contributed by atoms with Gasteiger partial charge in [-0.1, -0.05) is 0 Å². The molecule has 4 nitrogen and oxygen atoms in total. The summed E-state index contributed by atoms with van der Waals surface area (Å²) in [4.78, 5) is 23.7. The van der Waals surface area contributed by atoms with Gasteiger partial charge in [0.1, 0.15) is 11.5 Å². The third kappa shape index (κ3) is 1.49. The second kappa shape index (κ2) is 3.15. The third-order valence-corrected chi connectivity index (χ3v) is 1.42. The van der Waals surface area contributed by atoms with Crippen LogP contribution in [0.4, 0.5) is 0 Å². The minimum Gasteiger partial charge on any atom is -0.466 e. The first-order valence-corrected chi connectivity index (χ1v) is 3.34. The number of hydrogen-bond donors (Lipinski definition) is 0. The summed E-state index contributed by atoms with van der Waals surface area (Å²) in [6.45, 7) is 3.36. The Kier molecular flexibility index (Phi) is 2.21. The van der Waals surface area contributed by atoms with E-state index in [1.807, 2.05) is 0 Å². The Hall–Kier alpha value is -1.67. The lowest BCUT2D eigenvalue weighted by Gasteiger charge is -1.86. The van der Waals surface area contributed by atoms with Crippen LogP contribution >= 0.6 is 0 Å². The van der Waals surface area contributed by atoms with Crippen LogP contribution in [0.5, 0.6) is 0 Å². The van der Waals surface area contributed by atoms with Gasteiger partial charge in [-0.25, -0.2) is 4.79 Å². The minimum absolute atomic E-state index is 0.316. The van der Waals surface area contributed by atoms with Gasteiger partial charge in [0.25, 0.3) is 5.91 Å². The molecule has 4 heteroatoms. The van der Waals surface area contributed by atoms with Crippen molar-refractivity contribution in [3.63, 3.8) is 0 Å². The third-order valence-electron chi connectivity index (χ3n) is 1.42. The van der Waals surface area contributed by atoms with Gasteiger partial charge in [0, 0.05) is 0 Å². The van der Waals surface area contributed by atoms with Crippen LogP contribution in [0.3, 0.4) is 0 Å².